The van der Waals surface area contributed by atoms with Gasteiger partial charge in [-0.15, -0.1) is 0 Å². The van der Waals surface area contributed by atoms with E-state index in [-0.39, 0.29) is 11.4 Å². The Balaban J connectivity index is 4.14. The van der Waals surface area contributed by atoms with Crippen molar-refractivity contribution in [2.45, 2.75) is 137 Å². The van der Waals surface area contributed by atoms with Crippen LogP contribution in [0, 0.1) is 5.41 Å². The summed E-state index contributed by atoms with van der Waals surface area (Å²) in [5.41, 5.74) is 0.0951. The average molecular weight is 501 g/mol. The standard InChI is InChI=1S/C30H60O5/c1-5-8-10-12-14-15-17-19-22-30(4,21-18-16-13-11-9-6-2)28-35-29(31)20-23-33-26-27-34-25-24-32-7-3/h5-28H2,1-4H3. The molecular weight excluding hydrogens is 440 g/mol. The molecule has 0 bridgehead atoms. The van der Waals surface area contributed by atoms with Crippen molar-refractivity contribution in [3.63, 3.8) is 0 Å². The fourth-order valence-corrected chi connectivity index (χ4v) is 4.35. The third kappa shape index (κ3) is 24.8. The SMILES string of the molecule is CCCCCCCCCCC(C)(CCCCCCCC)COC(=O)CCOCCOCCOCC. The smallest absolute Gasteiger partial charge is 0.308 e. The van der Waals surface area contributed by atoms with E-state index >= 15 is 0 Å². The van der Waals surface area contributed by atoms with Gasteiger partial charge in [-0.1, -0.05) is 111 Å². The number of ether oxygens (including phenoxy) is 4. The molecule has 5 heteroatoms. The summed E-state index contributed by atoms with van der Waals surface area (Å²) in [6, 6.07) is 0. The molecule has 0 aromatic heterocycles. The van der Waals surface area contributed by atoms with Crippen LogP contribution in [0.2, 0.25) is 0 Å². The van der Waals surface area contributed by atoms with Crippen LogP contribution in [0.5, 0.6) is 0 Å². The van der Waals surface area contributed by atoms with Crippen molar-refractivity contribution in [1.82, 2.24) is 0 Å². The van der Waals surface area contributed by atoms with Crippen LogP contribution < -0.4 is 0 Å². The van der Waals surface area contributed by atoms with Crippen molar-refractivity contribution in [2.24, 2.45) is 5.41 Å². The number of carbonyl (C=O) groups is 1. The summed E-state index contributed by atoms with van der Waals surface area (Å²) in [5.74, 6) is -0.146. The minimum atomic E-state index is -0.146. The first-order chi connectivity index (χ1) is 17.1. The number of rotatable bonds is 28. The maximum absolute atomic E-state index is 12.3. The van der Waals surface area contributed by atoms with Crippen molar-refractivity contribution in [2.75, 3.05) is 46.2 Å². The summed E-state index contributed by atoms with van der Waals surface area (Å²) in [7, 11) is 0. The van der Waals surface area contributed by atoms with Crippen LogP contribution >= 0.6 is 0 Å². The van der Waals surface area contributed by atoms with Gasteiger partial charge < -0.3 is 18.9 Å². The van der Waals surface area contributed by atoms with Gasteiger partial charge in [-0.05, 0) is 19.8 Å². The van der Waals surface area contributed by atoms with Crippen LogP contribution in [0.25, 0.3) is 0 Å². The molecule has 0 fully saturated rings. The van der Waals surface area contributed by atoms with Gasteiger partial charge in [0.15, 0.2) is 0 Å². The lowest BCUT2D eigenvalue weighted by molar-refractivity contribution is -0.148. The molecule has 1 atom stereocenters. The van der Waals surface area contributed by atoms with E-state index < -0.39 is 0 Å². The molecule has 0 heterocycles. The molecule has 0 spiro atoms. The monoisotopic (exact) mass is 500 g/mol. The van der Waals surface area contributed by atoms with Gasteiger partial charge in [0.05, 0.1) is 46.1 Å². The predicted octanol–water partition coefficient (Wildman–Crippen LogP) is 8.28. The molecule has 0 N–H and O–H groups in total. The molecule has 1 unspecified atom stereocenters. The van der Waals surface area contributed by atoms with E-state index in [2.05, 4.69) is 20.8 Å². The minimum Gasteiger partial charge on any atom is -0.465 e. The molecule has 0 aromatic rings. The van der Waals surface area contributed by atoms with Gasteiger partial charge in [0.25, 0.3) is 0 Å². The lowest BCUT2D eigenvalue weighted by Gasteiger charge is -2.29. The third-order valence-electron chi connectivity index (χ3n) is 6.75. The van der Waals surface area contributed by atoms with E-state index in [0.717, 1.165) is 12.8 Å². The van der Waals surface area contributed by atoms with Crippen LogP contribution in [-0.4, -0.2) is 52.2 Å². The Bertz CT molecular complexity index is 442. The lowest BCUT2D eigenvalue weighted by Crippen LogP contribution is -2.26. The molecule has 0 radical (unpaired) electrons. The second kappa shape index (κ2) is 26.4. The maximum atomic E-state index is 12.3. The van der Waals surface area contributed by atoms with Crippen LogP contribution in [0.15, 0.2) is 0 Å². The van der Waals surface area contributed by atoms with Crippen LogP contribution in [0.3, 0.4) is 0 Å². The van der Waals surface area contributed by atoms with Crippen molar-refractivity contribution in [3.05, 3.63) is 0 Å². The highest BCUT2D eigenvalue weighted by molar-refractivity contribution is 5.69. The lowest BCUT2D eigenvalue weighted by atomic mass is 9.80. The summed E-state index contributed by atoms with van der Waals surface area (Å²) in [6.45, 7) is 12.7. The maximum Gasteiger partial charge on any atom is 0.308 e. The first-order valence-electron chi connectivity index (χ1n) is 15.0. The summed E-state index contributed by atoms with van der Waals surface area (Å²) in [6.07, 6.45) is 21.1. The number of esters is 1. The molecule has 0 rings (SSSR count). The van der Waals surface area contributed by atoms with Crippen molar-refractivity contribution >= 4 is 5.97 Å². The second-order valence-corrected chi connectivity index (χ2v) is 10.4. The summed E-state index contributed by atoms with van der Waals surface area (Å²) in [4.78, 5) is 12.3. The Labute approximate surface area is 218 Å². The van der Waals surface area contributed by atoms with E-state index in [9.17, 15) is 4.79 Å². The molecule has 35 heavy (non-hydrogen) atoms. The molecule has 210 valence electrons. The van der Waals surface area contributed by atoms with Gasteiger partial charge >= 0.3 is 5.97 Å². The third-order valence-corrected chi connectivity index (χ3v) is 6.75. The largest absolute Gasteiger partial charge is 0.465 e. The van der Waals surface area contributed by atoms with Gasteiger partial charge in [0, 0.05) is 12.0 Å². The normalized spacial score (nSPS) is 13.1. The Morgan fingerprint density at radius 2 is 1.00 bits per heavy atom. The quantitative estimate of drug-likeness (QED) is 0.0799. The molecule has 0 aromatic carbocycles. The highest BCUT2D eigenvalue weighted by atomic mass is 16.5. The van der Waals surface area contributed by atoms with E-state index in [1.165, 1.54) is 89.9 Å². The van der Waals surface area contributed by atoms with Gasteiger partial charge in [-0.25, -0.2) is 0 Å². The van der Waals surface area contributed by atoms with E-state index in [4.69, 9.17) is 18.9 Å². The molecule has 5 nitrogen and oxygen atoms in total. The highest BCUT2D eigenvalue weighted by Crippen LogP contribution is 2.32. The Kier molecular flexibility index (Phi) is 25.9. The molecule has 0 amide bonds. The van der Waals surface area contributed by atoms with Crippen LogP contribution in [-0.2, 0) is 23.7 Å². The summed E-state index contributed by atoms with van der Waals surface area (Å²) in [5, 5.41) is 0. The van der Waals surface area contributed by atoms with Crippen molar-refractivity contribution in [3.8, 4) is 0 Å². The van der Waals surface area contributed by atoms with Crippen molar-refractivity contribution < 1.29 is 23.7 Å². The predicted molar refractivity (Wildman–Crippen MR) is 147 cm³/mol. The van der Waals surface area contributed by atoms with E-state index in [1.807, 2.05) is 6.92 Å². The Hall–Kier alpha value is -0.650. The zero-order valence-electron chi connectivity index (χ0n) is 24.0. The van der Waals surface area contributed by atoms with E-state index in [0.29, 0.717) is 52.7 Å². The van der Waals surface area contributed by atoms with Gasteiger partial charge in [-0.2, -0.15) is 0 Å². The Morgan fingerprint density at radius 3 is 1.49 bits per heavy atom. The molecular formula is C30H60O5. The van der Waals surface area contributed by atoms with Crippen LogP contribution in [0.1, 0.15) is 137 Å². The summed E-state index contributed by atoms with van der Waals surface area (Å²) < 4.78 is 21.9. The number of unbranched alkanes of at least 4 members (excludes halogenated alkanes) is 12. The fourth-order valence-electron chi connectivity index (χ4n) is 4.35. The second-order valence-electron chi connectivity index (χ2n) is 10.4. The Morgan fingerprint density at radius 1 is 0.571 bits per heavy atom. The molecule has 0 saturated carbocycles. The average Bonchev–Trinajstić information content (AvgIpc) is 2.85. The first-order valence-corrected chi connectivity index (χ1v) is 15.0. The zero-order valence-corrected chi connectivity index (χ0v) is 24.0. The zero-order chi connectivity index (χ0) is 25.9. The molecule has 0 saturated heterocycles. The van der Waals surface area contributed by atoms with Crippen molar-refractivity contribution in [1.29, 1.82) is 0 Å². The molecule has 0 aliphatic carbocycles. The number of carbonyl (C=O) groups excluding carboxylic acids is 1. The van der Waals surface area contributed by atoms with Gasteiger partial charge in [-0.3, -0.25) is 4.79 Å². The highest BCUT2D eigenvalue weighted by Gasteiger charge is 2.25. The first kappa shape index (κ1) is 34.4. The summed E-state index contributed by atoms with van der Waals surface area (Å²) >= 11 is 0. The minimum absolute atomic E-state index is 0.0951. The molecule has 0 aliphatic rings. The number of hydrogen-bond acceptors (Lipinski definition) is 5. The molecule has 0 aliphatic heterocycles. The van der Waals surface area contributed by atoms with Gasteiger partial charge in [0.1, 0.15) is 0 Å². The topological polar surface area (TPSA) is 54.0 Å². The fraction of sp³-hybridized carbons (Fsp3) is 0.967. The van der Waals surface area contributed by atoms with Gasteiger partial charge in [0.2, 0.25) is 0 Å². The van der Waals surface area contributed by atoms with Crippen LogP contribution in [0.4, 0.5) is 0 Å². The number of hydrogen-bond donors (Lipinski definition) is 0. The van der Waals surface area contributed by atoms with E-state index in [1.54, 1.807) is 0 Å².